The van der Waals surface area contributed by atoms with E-state index in [4.69, 9.17) is 18.6 Å². The van der Waals surface area contributed by atoms with Gasteiger partial charge < -0.3 is 18.6 Å². The highest BCUT2D eigenvalue weighted by atomic mass is 16.5. The molecule has 0 radical (unpaired) electrons. The monoisotopic (exact) mass is 369 g/mol. The lowest BCUT2D eigenvalue weighted by atomic mass is 10.2. The number of carbonyl (C=O) groups is 1. The molecule has 140 valence electrons. The van der Waals surface area contributed by atoms with Gasteiger partial charge in [-0.3, -0.25) is 10.1 Å². The molecule has 2 aromatic carbocycles. The summed E-state index contributed by atoms with van der Waals surface area (Å²) in [7, 11) is 1.58. The number of amides is 1. The Morgan fingerprint density at radius 3 is 2.26 bits per heavy atom. The van der Waals surface area contributed by atoms with Gasteiger partial charge in [-0.25, -0.2) is 0 Å². The maximum Gasteiger partial charge on any atom is 0.322 e. The molecule has 3 rings (SSSR count). The maximum atomic E-state index is 12.0. The first-order valence-corrected chi connectivity index (χ1v) is 8.31. The average Bonchev–Trinajstić information content (AvgIpc) is 3.16. The average molecular weight is 369 g/mol. The normalized spacial score (nSPS) is 10.3. The van der Waals surface area contributed by atoms with Crippen LogP contribution in [0.3, 0.4) is 0 Å². The van der Waals surface area contributed by atoms with Crippen LogP contribution in [-0.4, -0.2) is 36.4 Å². The summed E-state index contributed by atoms with van der Waals surface area (Å²) in [5.74, 6) is 1.90. The lowest BCUT2D eigenvalue weighted by Crippen LogP contribution is -2.20. The number of anilines is 1. The minimum absolute atomic E-state index is 0.00205. The van der Waals surface area contributed by atoms with Crippen LogP contribution in [0.5, 0.6) is 17.2 Å². The number of methoxy groups -OCH3 is 1. The fraction of sp³-hybridized carbons (Fsp3) is 0.211. The van der Waals surface area contributed by atoms with Crippen molar-refractivity contribution in [1.29, 1.82) is 0 Å². The number of rotatable bonds is 8. The van der Waals surface area contributed by atoms with Crippen molar-refractivity contribution in [1.82, 2.24) is 10.2 Å². The Morgan fingerprint density at radius 2 is 1.59 bits per heavy atom. The molecule has 1 heterocycles. The highest BCUT2D eigenvalue weighted by Crippen LogP contribution is 2.22. The molecule has 0 saturated heterocycles. The Kier molecular flexibility index (Phi) is 5.88. The van der Waals surface area contributed by atoms with E-state index in [-0.39, 0.29) is 12.6 Å². The van der Waals surface area contributed by atoms with Gasteiger partial charge in [-0.05, 0) is 55.5 Å². The molecule has 0 aliphatic rings. The molecule has 0 aliphatic heterocycles. The quantitative estimate of drug-likeness (QED) is 0.651. The summed E-state index contributed by atoms with van der Waals surface area (Å²) in [6, 6.07) is 14.1. The van der Waals surface area contributed by atoms with Gasteiger partial charge in [-0.15, -0.1) is 5.10 Å². The molecular formula is C19H19N3O5. The Balaban J connectivity index is 1.54. The summed E-state index contributed by atoms with van der Waals surface area (Å²) in [6.07, 6.45) is 0. The molecule has 0 saturated carbocycles. The number of hydrogen-bond acceptors (Lipinski definition) is 7. The number of benzene rings is 2. The maximum absolute atomic E-state index is 12.0. The Hall–Kier alpha value is -3.55. The molecule has 27 heavy (non-hydrogen) atoms. The van der Waals surface area contributed by atoms with Gasteiger partial charge >= 0.3 is 6.01 Å². The fourth-order valence-corrected chi connectivity index (χ4v) is 2.23. The van der Waals surface area contributed by atoms with E-state index < -0.39 is 5.91 Å². The molecule has 3 aromatic rings. The number of aromatic nitrogens is 2. The van der Waals surface area contributed by atoms with Crippen LogP contribution in [0.2, 0.25) is 0 Å². The van der Waals surface area contributed by atoms with Crippen molar-refractivity contribution in [2.24, 2.45) is 0 Å². The summed E-state index contributed by atoms with van der Waals surface area (Å²) in [4.78, 5) is 12.0. The first-order chi connectivity index (χ1) is 13.2. The minimum Gasteiger partial charge on any atom is -0.497 e. The Morgan fingerprint density at radius 1 is 0.963 bits per heavy atom. The molecule has 8 heteroatoms. The van der Waals surface area contributed by atoms with Gasteiger partial charge in [0.2, 0.25) is 5.89 Å². The van der Waals surface area contributed by atoms with E-state index in [9.17, 15) is 4.79 Å². The van der Waals surface area contributed by atoms with Gasteiger partial charge in [0.25, 0.3) is 5.91 Å². The van der Waals surface area contributed by atoms with E-state index in [1.54, 1.807) is 43.5 Å². The highest BCUT2D eigenvalue weighted by Gasteiger charge is 2.12. The Bertz CT molecular complexity index is 875. The standard InChI is InChI=1S/C19H19N3O5/c1-3-25-15-6-4-13(5-7-15)18-21-22-19(27-18)20-17(23)12-26-16-10-8-14(24-2)9-11-16/h4-11H,3,12H2,1-2H3,(H,20,22,23). The fourth-order valence-electron chi connectivity index (χ4n) is 2.23. The summed E-state index contributed by atoms with van der Waals surface area (Å²) >= 11 is 0. The molecule has 0 fully saturated rings. The van der Waals surface area contributed by atoms with Crippen molar-refractivity contribution < 1.29 is 23.4 Å². The van der Waals surface area contributed by atoms with Crippen LogP contribution < -0.4 is 19.5 Å². The third kappa shape index (κ3) is 4.97. The predicted octanol–water partition coefficient (Wildman–Crippen LogP) is 3.16. The van der Waals surface area contributed by atoms with Crippen molar-refractivity contribution in [3.05, 3.63) is 48.5 Å². The van der Waals surface area contributed by atoms with Crippen LogP contribution in [0.1, 0.15) is 6.92 Å². The summed E-state index contributed by atoms with van der Waals surface area (Å²) in [5.41, 5.74) is 0.723. The largest absolute Gasteiger partial charge is 0.497 e. The van der Waals surface area contributed by atoms with Gasteiger partial charge in [0.15, 0.2) is 6.61 Å². The summed E-state index contributed by atoms with van der Waals surface area (Å²) in [6.45, 7) is 2.32. The second-order valence-corrected chi connectivity index (χ2v) is 5.38. The van der Waals surface area contributed by atoms with E-state index in [1.807, 2.05) is 19.1 Å². The van der Waals surface area contributed by atoms with Crippen LogP contribution >= 0.6 is 0 Å². The van der Waals surface area contributed by atoms with Crippen molar-refractivity contribution in [2.45, 2.75) is 6.92 Å². The van der Waals surface area contributed by atoms with Crippen LogP contribution in [0, 0.1) is 0 Å². The molecule has 0 aliphatic carbocycles. The molecular weight excluding hydrogens is 350 g/mol. The van der Waals surface area contributed by atoms with Crippen molar-refractivity contribution in [3.63, 3.8) is 0 Å². The molecule has 0 atom stereocenters. The van der Waals surface area contributed by atoms with Gasteiger partial charge in [-0.2, -0.15) is 0 Å². The van der Waals surface area contributed by atoms with Crippen molar-refractivity contribution >= 4 is 11.9 Å². The first-order valence-electron chi connectivity index (χ1n) is 8.31. The predicted molar refractivity (Wildman–Crippen MR) is 98.0 cm³/mol. The molecule has 1 aromatic heterocycles. The van der Waals surface area contributed by atoms with E-state index in [0.717, 1.165) is 11.3 Å². The highest BCUT2D eigenvalue weighted by molar-refractivity contribution is 5.89. The lowest BCUT2D eigenvalue weighted by Gasteiger charge is -2.06. The van der Waals surface area contributed by atoms with Crippen LogP contribution in [0.25, 0.3) is 11.5 Å². The van der Waals surface area contributed by atoms with Crippen LogP contribution in [0.4, 0.5) is 6.01 Å². The number of nitrogens with one attached hydrogen (secondary N) is 1. The zero-order valence-corrected chi connectivity index (χ0v) is 15.0. The third-order valence-corrected chi connectivity index (χ3v) is 3.51. The number of nitrogens with zero attached hydrogens (tertiary/aromatic N) is 2. The number of ether oxygens (including phenoxy) is 3. The third-order valence-electron chi connectivity index (χ3n) is 3.51. The SMILES string of the molecule is CCOc1ccc(-c2nnc(NC(=O)COc3ccc(OC)cc3)o2)cc1. The number of carbonyl (C=O) groups excluding carboxylic acids is 1. The molecule has 1 amide bonds. The second kappa shape index (κ2) is 8.70. The topological polar surface area (TPSA) is 95.7 Å². The van der Waals surface area contributed by atoms with Gasteiger partial charge in [0, 0.05) is 5.56 Å². The molecule has 8 nitrogen and oxygen atoms in total. The van der Waals surface area contributed by atoms with E-state index in [1.165, 1.54) is 0 Å². The van der Waals surface area contributed by atoms with Gasteiger partial charge in [-0.1, -0.05) is 5.10 Å². The van der Waals surface area contributed by atoms with Crippen LogP contribution in [-0.2, 0) is 4.79 Å². The zero-order valence-electron chi connectivity index (χ0n) is 15.0. The van der Waals surface area contributed by atoms with Crippen molar-refractivity contribution in [3.8, 4) is 28.7 Å². The second-order valence-electron chi connectivity index (χ2n) is 5.38. The minimum atomic E-state index is -0.410. The first kappa shape index (κ1) is 18.2. The smallest absolute Gasteiger partial charge is 0.322 e. The molecule has 0 spiro atoms. The van der Waals surface area contributed by atoms with Gasteiger partial charge in [0.1, 0.15) is 17.2 Å². The van der Waals surface area contributed by atoms with Gasteiger partial charge in [0.05, 0.1) is 13.7 Å². The van der Waals surface area contributed by atoms with Crippen LogP contribution in [0.15, 0.2) is 52.9 Å². The summed E-state index contributed by atoms with van der Waals surface area (Å²) < 4.78 is 21.3. The van der Waals surface area contributed by atoms with E-state index in [0.29, 0.717) is 24.0 Å². The van der Waals surface area contributed by atoms with E-state index >= 15 is 0 Å². The molecule has 0 unspecified atom stereocenters. The van der Waals surface area contributed by atoms with E-state index in [2.05, 4.69) is 15.5 Å². The molecule has 1 N–H and O–H groups in total. The number of hydrogen-bond donors (Lipinski definition) is 1. The lowest BCUT2D eigenvalue weighted by molar-refractivity contribution is -0.118. The Labute approximate surface area is 156 Å². The zero-order chi connectivity index (χ0) is 19.1. The van der Waals surface area contributed by atoms with Crippen molar-refractivity contribution in [2.75, 3.05) is 25.6 Å². The summed E-state index contributed by atoms with van der Waals surface area (Å²) in [5, 5.41) is 10.2. The molecule has 0 bridgehead atoms.